The van der Waals surface area contributed by atoms with Crippen LogP contribution in [0.4, 0.5) is 11.4 Å². The molecule has 0 fully saturated rings. The molecule has 1 aliphatic heterocycles. The van der Waals surface area contributed by atoms with Crippen LogP contribution in [-0.4, -0.2) is 6.04 Å². The normalized spacial score (nSPS) is 17.6. The van der Waals surface area contributed by atoms with E-state index in [1.54, 1.807) is 0 Å². The van der Waals surface area contributed by atoms with Gasteiger partial charge in [-0.3, -0.25) is 0 Å². The number of allylic oxidation sites excluding steroid dienone is 2. The summed E-state index contributed by atoms with van der Waals surface area (Å²) in [4.78, 5) is 2.65. The SMILES string of the molecule is CC1C2=C(C=CC1N(c1ccc(-c3ccc4oc5ccccc5c4c3)cc1)c1cccc3c1-c1ccccc1C3(C)C)C1(c3ccccc32)c2ccc3ccccc3c2Oc2c1ccc1ccccc21. The molecule has 10 aromatic carbocycles. The topological polar surface area (TPSA) is 25.6 Å². The van der Waals surface area contributed by atoms with Gasteiger partial charge in [0.2, 0.25) is 0 Å². The van der Waals surface area contributed by atoms with Crippen LogP contribution in [-0.2, 0) is 10.8 Å². The van der Waals surface area contributed by atoms with E-state index in [2.05, 4.69) is 232 Å². The predicted molar refractivity (Wildman–Crippen MR) is 289 cm³/mol. The standard InChI is InChI=1S/C67H47NO2/c1-40-58(37-36-55-62(40)50-21-9-12-23-53(50)67(55)56-34-29-42-15-4-6-17-46(42)64(56)70-65-47-18-7-5-16-43(47)30-35-57(65)67)68(59-25-14-24-54-63(59)49-20-8-11-22-52(49)66(54,2)3)45-32-27-41(28-33-45)44-31-38-61-51(39-44)48-19-10-13-26-60(48)69-61/h4-40,58H,1-3H3. The van der Waals surface area contributed by atoms with Crippen LogP contribution in [0.5, 0.6) is 11.5 Å². The van der Waals surface area contributed by atoms with Gasteiger partial charge in [0, 0.05) is 60.9 Å². The first kappa shape index (κ1) is 39.6. The minimum absolute atomic E-state index is 0.0317. The van der Waals surface area contributed by atoms with Crippen LogP contribution < -0.4 is 9.64 Å². The average molecular weight is 898 g/mol. The van der Waals surface area contributed by atoms with E-state index in [1.807, 2.05) is 12.1 Å². The zero-order valence-corrected chi connectivity index (χ0v) is 39.2. The fourth-order valence-corrected chi connectivity index (χ4v) is 13.3. The predicted octanol–water partition coefficient (Wildman–Crippen LogP) is 17.5. The molecule has 70 heavy (non-hydrogen) atoms. The Kier molecular flexibility index (Phi) is 8.10. The summed E-state index contributed by atoms with van der Waals surface area (Å²) in [6, 6.07) is 76.1. The molecule has 1 aromatic heterocycles. The van der Waals surface area contributed by atoms with Crippen molar-refractivity contribution >= 4 is 60.4 Å². The third-order valence-electron chi connectivity index (χ3n) is 16.5. The summed E-state index contributed by atoms with van der Waals surface area (Å²) in [5, 5.41) is 6.87. The van der Waals surface area contributed by atoms with Gasteiger partial charge in [0.15, 0.2) is 0 Å². The lowest BCUT2D eigenvalue weighted by Gasteiger charge is -2.43. The maximum absolute atomic E-state index is 7.29. The Morgan fingerprint density at radius 2 is 1.07 bits per heavy atom. The van der Waals surface area contributed by atoms with Gasteiger partial charge in [-0.05, 0) is 97.3 Å². The molecule has 2 atom stereocenters. The zero-order chi connectivity index (χ0) is 46.5. The first-order valence-corrected chi connectivity index (χ1v) is 24.7. The van der Waals surface area contributed by atoms with Crippen LogP contribution in [0.3, 0.4) is 0 Å². The van der Waals surface area contributed by atoms with Crippen molar-refractivity contribution in [2.24, 2.45) is 5.92 Å². The molecule has 0 bridgehead atoms. The summed E-state index contributed by atoms with van der Waals surface area (Å²) in [7, 11) is 0. The Bertz CT molecular complexity index is 4020. The van der Waals surface area contributed by atoms with E-state index in [0.717, 1.165) is 49.9 Å². The molecule has 3 heteroatoms. The zero-order valence-electron chi connectivity index (χ0n) is 39.2. The average Bonchev–Trinajstić information content (AvgIpc) is 4.01. The van der Waals surface area contributed by atoms with Gasteiger partial charge >= 0.3 is 0 Å². The summed E-state index contributed by atoms with van der Waals surface area (Å²) >= 11 is 0. The van der Waals surface area contributed by atoms with Crippen LogP contribution in [0.1, 0.15) is 54.2 Å². The molecule has 15 rings (SSSR count). The molecule has 0 saturated carbocycles. The lowest BCUT2D eigenvalue weighted by Crippen LogP contribution is -2.39. The molecule has 0 amide bonds. The number of hydrogen-bond donors (Lipinski definition) is 0. The van der Waals surface area contributed by atoms with Crippen molar-refractivity contribution in [1.29, 1.82) is 0 Å². The third kappa shape index (κ3) is 5.19. The smallest absolute Gasteiger partial charge is 0.140 e. The van der Waals surface area contributed by atoms with Crippen LogP contribution in [0.2, 0.25) is 0 Å². The molecule has 3 aliphatic carbocycles. The van der Waals surface area contributed by atoms with E-state index in [0.29, 0.717) is 0 Å². The lowest BCUT2D eigenvalue weighted by atomic mass is 9.63. The van der Waals surface area contributed by atoms with Crippen LogP contribution in [0, 0.1) is 5.92 Å². The number of nitrogens with zero attached hydrogens (tertiary/aromatic N) is 1. The fourth-order valence-electron chi connectivity index (χ4n) is 13.3. The van der Waals surface area contributed by atoms with E-state index < -0.39 is 5.41 Å². The van der Waals surface area contributed by atoms with Gasteiger partial charge in [-0.25, -0.2) is 0 Å². The second-order valence-electron chi connectivity index (χ2n) is 20.3. The maximum Gasteiger partial charge on any atom is 0.140 e. The van der Waals surface area contributed by atoms with Gasteiger partial charge in [-0.15, -0.1) is 0 Å². The van der Waals surface area contributed by atoms with E-state index in [1.165, 1.54) is 83.2 Å². The lowest BCUT2D eigenvalue weighted by molar-refractivity contribution is 0.446. The molecule has 0 N–H and O–H groups in total. The first-order chi connectivity index (χ1) is 34.4. The van der Waals surface area contributed by atoms with Crippen molar-refractivity contribution in [2.45, 2.75) is 37.6 Å². The number of fused-ring (bicyclic) bond motifs is 18. The van der Waals surface area contributed by atoms with Crippen molar-refractivity contribution < 1.29 is 9.15 Å². The Morgan fingerprint density at radius 3 is 1.81 bits per heavy atom. The van der Waals surface area contributed by atoms with Gasteiger partial charge in [-0.2, -0.15) is 0 Å². The molecule has 1 spiro atoms. The van der Waals surface area contributed by atoms with Crippen LogP contribution in [0.25, 0.3) is 71.3 Å². The van der Waals surface area contributed by atoms with E-state index >= 15 is 0 Å². The Morgan fingerprint density at radius 1 is 0.471 bits per heavy atom. The second kappa shape index (κ2) is 14.3. The first-order valence-electron chi connectivity index (χ1n) is 24.7. The molecule has 332 valence electrons. The van der Waals surface area contributed by atoms with E-state index in [-0.39, 0.29) is 17.4 Å². The van der Waals surface area contributed by atoms with Crippen molar-refractivity contribution in [3.63, 3.8) is 0 Å². The molecule has 0 radical (unpaired) electrons. The minimum Gasteiger partial charge on any atom is -0.456 e. The number of benzene rings is 10. The number of hydrogen-bond acceptors (Lipinski definition) is 3. The van der Waals surface area contributed by atoms with Crippen molar-refractivity contribution in [3.05, 3.63) is 257 Å². The van der Waals surface area contributed by atoms with Gasteiger partial charge < -0.3 is 14.1 Å². The van der Waals surface area contributed by atoms with Crippen molar-refractivity contribution in [1.82, 2.24) is 0 Å². The fraction of sp³-hybridized carbons (Fsp3) is 0.104. The second-order valence-corrected chi connectivity index (χ2v) is 20.3. The summed E-state index contributed by atoms with van der Waals surface area (Å²) in [5.74, 6) is 1.96. The van der Waals surface area contributed by atoms with Gasteiger partial charge in [0.25, 0.3) is 0 Å². The van der Waals surface area contributed by atoms with Crippen molar-refractivity contribution in [3.8, 4) is 33.8 Å². The van der Waals surface area contributed by atoms with Gasteiger partial charge in [0.05, 0.1) is 11.5 Å². The molecule has 2 heterocycles. The quantitative estimate of drug-likeness (QED) is 0.176. The summed E-state index contributed by atoms with van der Waals surface area (Å²) in [5.41, 5.74) is 18.9. The number of furan rings is 1. The number of rotatable bonds is 4. The molecular weight excluding hydrogens is 851 g/mol. The monoisotopic (exact) mass is 897 g/mol. The highest BCUT2D eigenvalue weighted by molar-refractivity contribution is 6.07. The van der Waals surface area contributed by atoms with Crippen LogP contribution >= 0.6 is 0 Å². The van der Waals surface area contributed by atoms with Crippen molar-refractivity contribution in [2.75, 3.05) is 4.90 Å². The van der Waals surface area contributed by atoms with E-state index in [9.17, 15) is 0 Å². The summed E-state index contributed by atoms with van der Waals surface area (Å²) < 4.78 is 13.5. The molecular formula is C67H47NO2. The molecule has 11 aromatic rings. The Hall–Kier alpha value is -8.40. The van der Waals surface area contributed by atoms with Crippen LogP contribution in [0.15, 0.2) is 228 Å². The maximum atomic E-state index is 7.29. The Labute approximate surface area is 407 Å². The minimum atomic E-state index is -0.608. The largest absolute Gasteiger partial charge is 0.456 e. The highest BCUT2D eigenvalue weighted by Crippen LogP contribution is 2.66. The Balaban J connectivity index is 0.944. The highest BCUT2D eigenvalue weighted by atomic mass is 16.5. The number of ether oxygens (including phenoxy) is 1. The third-order valence-corrected chi connectivity index (χ3v) is 16.5. The van der Waals surface area contributed by atoms with Gasteiger partial charge in [-0.1, -0.05) is 203 Å². The molecule has 3 nitrogen and oxygen atoms in total. The van der Waals surface area contributed by atoms with Gasteiger partial charge in [0.1, 0.15) is 22.7 Å². The molecule has 2 unspecified atom stereocenters. The summed E-state index contributed by atoms with van der Waals surface area (Å²) in [6.07, 6.45) is 5.02. The van der Waals surface area contributed by atoms with E-state index in [4.69, 9.17) is 9.15 Å². The molecule has 4 aliphatic rings. The number of anilines is 2. The molecule has 0 saturated heterocycles. The number of para-hydroxylation sites is 1. The highest BCUT2D eigenvalue weighted by Gasteiger charge is 2.55. The summed E-state index contributed by atoms with van der Waals surface area (Å²) in [6.45, 7) is 7.23.